The van der Waals surface area contributed by atoms with E-state index in [-0.39, 0.29) is 28.9 Å². The van der Waals surface area contributed by atoms with Crippen molar-refractivity contribution in [1.29, 1.82) is 0 Å². The van der Waals surface area contributed by atoms with Crippen molar-refractivity contribution < 1.29 is 13.2 Å². The van der Waals surface area contributed by atoms with Gasteiger partial charge in [0.15, 0.2) is 9.84 Å². The van der Waals surface area contributed by atoms with Gasteiger partial charge in [-0.25, -0.2) is 8.42 Å². The first-order chi connectivity index (χ1) is 14.0. The molecule has 2 aromatic rings. The van der Waals surface area contributed by atoms with Gasteiger partial charge in [0.1, 0.15) is 0 Å². The Balaban J connectivity index is 1.81. The van der Waals surface area contributed by atoms with Gasteiger partial charge < -0.3 is 4.90 Å². The van der Waals surface area contributed by atoms with Crippen molar-refractivity contribution in [2.45, 2.75) is 52.1 Å². The molecule has 0 saturated carbocycles. The average Bonchev–Trinajstić information content (AvgIpc) is 3.04. The summed E-state index contributed by atoms with van der Waals surface area (Å²) in [7, 11) is -3.08. The lowest BCUT2D eigenvalue weighted by atomic mass is 9.86. The van der Waals surface area contributed by atoms with Crippen LogP contribution in [0.15, 0.2) is 54.6 Å². The molecular formula is C25H31NO3S. The largest absolute Gasteiger partial charge is 0.331 e. The van der Waals surface area contributed by atoms with Crippen LogP contribution in [0.2, 0.25) is 0 Å². The number of hydrogen-bond donors (Lipinski definition) is 0. The van der Waals surface area contributed by atoms with Crippen molar-refractivity contribution in [2.24, 2.45) is 0 Å². The lowest BCUT2D eigenvalue weighted by Crippen LogP contribution is -2.39. The maximum absolute atomic E-state index is 13.1. The van der Waals surface area contributed by atoms with Crippen molar-refractivity contribution in [3.8, 4) is 0 Å². The molecule has 1 fully saturated rings. The van der Waals surface area contributed by atoms with E-state index in [1.807, 2.05) is 43.3 Å². The summed E-state index contributed by atoms with van der Waals surface area (Å²) >= 11 is 0. The van der Waals surface area contributed by atoms with Gasteiger partial charge in [0.05, 0.1) is 11.5 Å². The van der Waals surface area contributed by atoms with E-state index in [0.29, 0.717) is 13.0 Å². The van der Waals surface area contributed by atoms with Crippen LogP contribution in [0.4, 0.5) is 0 Å². The van der Waals surface area contributed by atoms with Gasteiger partial charge in [-0.1, -0.05) is 74.9 Å². The van der Waals surface area contributed by atoms with Gasteiger partial charge in [0.25, 0.3) is 0 Å². The Kier molecular flexibility index (Phi) is 6.51. The molecule has 4 nitrogen and oxygen atoms in total. The summed E-state index contributed by atoms with van der Waals surface area (Å²) in [5.41, 5.74) is 4.40. The van der Waals surface area contributed by atoms with E-state index >= 15 is 0 Å². The first kappa shape index (κ1) is 22.3. The molecule has 160 valence electrons. The second-order valence-electron chi connectivity index (χ2n) is 9.21. The van der Waals surface area contributed by atoms with Crippen molar-refractivity contribution >= 4 is 21.8 Å². The van der Waals surface area contributed by atoms with Crippen molar-refractivity contribution in [1.82, 2.24) is 4.90 Å². The number of carbonyl (C=O) groups is 1. The second kappa shape index (κ2) is 8.76. The molecule has 0 N–H and O–H groups in total. The van der Waals surface area contributed by atoms with Crippen molar-refractivity contribution in [3.05, 3.63) is 76.9 Å². The molecule has 0 bridgehead atoms. The van der Waals surface area contributed by atoms with Crippen LogP contribution in [0.5, 0.6) is 0 Å². The van der Waals surface area contributed by atoms with Gasteiger partial charge in [0.2, 0.25) is 5.91 Å². The summed E-state index contributed by atoms with van der Waals surface area (Å²) < 4.78 is 24.1. The molecule has 1 aliphatic rings. The molecule has 30 heavy (non-hydrogen) atoms. The number of amides is 1. The summed E-state index contributed by atoms with van der Waals surface area (Å²) in [5, 5.41) is 0. The Morgan fingerprint density at radius 2 is 1.70 bits per heavy atom. The lowest BCUT2D eigenvalue weighted by Gasteiger charge is -2.28. The Morgan fingerprint density at radius 3 is 2.23 bits per heavy atom. The molecule has 5 heteroatoms. The number of hydrogen-bond acceptors (Lipinski definition) is 3. The molecule has 0 radical (unpaired) electrons. The fourth-order valence-electron chi connectivity index (χ4n) is 3.66. The van der Waals surface area contributed by atoms with Gasteiger partial charge in [-0.05, 0) is 41.5 Å². The van der Waals surface area contributed by atoms with Crippen LogP contribution in [-0.4, -0.2) is 36.8 Å². The predicted octanol–water partition coefficient (Wildman–Crippen LogP) is 4.52. The highest BCUT2D eigenvalue weighted by molar-refractivity contribution is 7.91. The first-order valence-electron chi connectivity index (χ1n) is 10.4. The number of aryl methyl sites for hydroxylation is 1. The van der Waals surface area contributed by atoms with Crippen LogP contribution in [0.1, 0.15) is 49.4 Å². The third-order valence-corrected chi connectivity index (χ3v) is 7.35. The molecule has 0 aliphatic carbocycles. The van der Waals surface area contributed by atoms with Crippen LogP contribution in [0, 0.1) is 6.92 Å². The zero-order valence-electron chi connectivity index (χ0n) is 18.3. The Hall–Kier alpha value is -2.40. The minimum atomic E-state index is -3.08. The molecule has 0 unspecified atom stereocenters. The molecule has 1 atom stereocenters. The maximum Gasteiger partial charge on any atom is 0.247 e. The van der Waals surface area contributed by atoms with Crippen LogP contribution >= 0.6 is 0 Å². The Labute approximate surface area is 180 Å². The van der Waals surface area contributed by atoms with Crippen LogP contribution < -0.4 is 0 Å². The lowest BCUT2D eigenvalue weighted by molar-refractivity contribution is -0.128. The van der Waals surface area contributed by atoms with Crippen molar-refractivity contribution in [3.63, 3.8) is 0 Å². The standard InChI is InChI=1S/C25H31NO3S/c1-19-5-7-20(8-6-19)11-14-24(27)26(23-15-16-30(28,29)18-23)17-21-9-12-22(13-10-21)25(2,3)4/h5-14,23H,15-18H2,1-4H3/b14-11+/t23-/m0/s1. The number of nitrogens with zero attached hydrogens (tertiary/aromatic N) is 1. The van der Waals surface area contributed by atoms with E-state index in [1.54, 1.807) is 17.1 Å². The fraction of sp³-hybridized carbons (Fsp3) is 0.400. The topological polar surface area (TPSA) is 54.5 Å². The van der Waals surface area contributed by atoms with E-state index in [0.717, 1.165) is 16.7 Å². The minimum Gasteiger partial charge on any atom is -0.331 e. The number of carbonyl (C=O) groups excluding carboxylic acids is 1. The Morgan fingerprint density at radius 1 is 1.07 bits per heavy atom. The number of benzene rings is 2. The van der Waals surface area contributed by atoms with Gasteiger partial charge in [-0.2, -0.15) is 0 Å². The summed E-state index contributed by atoms with van der Waals surface area (Å²) in [5.74, 6) is 0.0288. The molecule has 1 aliphatic heterocycles. The molecule has 1 saturated heterocycles. The fourth-order valence-corrected chi connectivity index (χ4v) is 5.39. The highest BCUT2D eigenvalue weighted by atomic mass is 32.2. The normalized spacial score (nSPS) is 18.6. The monoisotopic (exact) mass is 425 g/mol. The molecule has 2 aromatic carbocycles. The quantitative estimate of drug-likeness (QED) is 0.662. The Bertz CT molecular complexity index is 1010. The van der Waals surface area contributed by atoms with E-state index in [2.05, 4.69) is 32.9 Å². The third kappa shape index (κ3) is 5.82. The summed E-state index contributed by atoms with van der Waals surface area (Å²) in [6, 6.07) is 15.9. The third-order valence-electron chi connectivity index (χ3n) is 5.60. The van der Waals surface area contributed by atoms with Gasteiger partial charge in [-0.3, -0.25) is 4.79 Å². The van der Waals surface area contributed by atoms with Gasteiger partial charge in [0, 0.05) is 18.7 Å². The second-order valence-corrected chi connectivity index (χ2v) is 11.4. The molecular weight excluding hydrogens is 394 g/mol. The maximum atomic E-state index is 13.1. The first-order valence-corrected chi connectivity index (χ1v) is 12.2. The van der Waals surface area contributed by atoms with Crippen LogP contribution in [0.25, 0.3) is 6.08 Å². The summed E-state index contributed by atoms with van der Waals surface area (Å²) in [6.07, 6.45) is 3.84. The smallest absolute Gasteiger partial charge is 0.247 e. The SMILES string of the molecule is Cc1ccc(/C=C/C(=O)N(Cc2ccc(C(C)(C)C)cc2)[C@H]2CCS(=O)(=O)C2)cc1. The van der Waals surface area contributed by atoms with Gasteiger partial charge in [-0.15, -0.1) is 0 Å². The minimum absolute atomic E-state index is 0.0389. The van der Waals surface area contributed by atoms with Crippen LogP contribution in [0.3, 0.4) is 0 Å². The van der Waals surface area contributed by atoms with Gasteiger partial charge >= 0.3 is 0 Å². The molecule has 1 amide bonds. The zero-order valence-corrected chi connectivity index (χ0v) is 19.1. The highest BCUT2D eigenvalue weighted by Gasteiger charge is 2.34. The highest BCUT2D eigenvalue weighted by Crippen LogP contribution is 2.24. The van der Waals surface area contributed by atoms with Crippen LogP contribution in [-0.2, 0) is 26.6 Å². The van der Waals surface area contributed by atoms with E-state index < -0.39 is 9.84 Å². The van der Waals surface area contributed by atoms with E-state index in [4.69, 9.17) is 0 Å². The molecule has 3 rings (SSSR count). The predicted molar refractivity (Wildman–Crippen MR) is 123 cm³/mol. The average molecular weight is 426 g/mol. The molecule has 0 aromatic heterocycles. The van der Waals surface area contributed by atoms with E-state index in [9.17, 15) is 13.2 Å². The number of rotatable bonds is 5. The molecule has 1 heterocycles. The summed E-state index contributed by atoms with van der Waals surface area (Å²) in [4.78, 5) is 14.8. The molecule has 0 spiro atoms. The zero-order chi connectivity index (χ0) is 21.9. The van der Waals surface area contributed by atoms with Crippen molar-refractivity contribution in [2.75, 3.05) is 11.5 Å². The van der Waals surface area contributed by atoms with E-state index in [1.165, 1.54) is 5.56 Å². The summed E-state index contributed by atoms with van der Waals surface area (Å²) in [6.45, 7) is 8.92. The number of sulfone groups is 1.